The van der Waals surface area contributed by atoms with Crippen LogP contribution in [0.4, 0.5) is 0 Å². The summed E-state index contributed by atoms with van der Waals surface area (Å²) in [6.07, 6.45) is 0.959. The average molecular weight is 316 g/mol. The van der Waals surface area contributed by atoms with Gasteiger partial charge in [-0.3, -0.25) is 0 Å². The van der Waals surface area contributed by atoms with Crippen molar-refractivity contribution in [3.05, 3.63) is 0 Å². The monoisotopic (exact) mass is 317 g/mol. The average Bonchev–Trinajstić information content (AvgIpc) is 2.15. The summed E-state index contributed by atoms with van der Waals surface area (Å²) >= 11 is 0.671. The zero-order valence-corrected chi connectivity index (χ0v) is 11.2. The molecule has 9 heavy (non-hydrogen) atoms. The van der Waals surface area contributed by atoms with Gasteiger partial charge in [0.2, 0.25) is 0 Å². The summed E-state index contributed by atoms with van der Waals surface area (Å²) in [5.74, 6) is 0. The molecule has 0 spiro atoms. The number of aliphatic hydroxyl groups is 1. The van der Waals surface area contributed by atoms with Crippen molar-refractivity contribution in [1.82, 2.24) is 0 Å². The second-order valence-corrected chi connectivity index (χ2v) is 6.61. The molecule has 0 aromatic carbocycles. The van der Waals surface area contributed by atoms with Crippen molar-refractivity contribution >= 4 is 0 Å². The first-order chi connectivity index (χ1) is 4.25. The van der Waals surface area contributed by atoms with Gasteiger partial charge in [0, 0.05) is 0 Å². The van der Waals surface area contributed by atoms with Gasteiger partial charge < -0.3 is 0 Å². The summed E-state index contributed by atoms with van der Waals surface area (Å²) in [6, 6.07) is 0. The van der Waals surface area contributed by atoms with E-state index in [1.807, 2.05) is 0 Å². The van der Waals surface area contributed by atoms with Gasteiger partial charge in [0.1, 0.15) is 0 Å². The first kappa shape index (κ1) is 7.96. The van der Waals surface area contributed by atoms with Crippen molar-refractivity contribution in [2.45, 2.75) is 29.0 Å². The van der Waals surface area contributed by atoms with E-state index in [-0.39, 0.29) is 12.2 Å². The van der Waals surface area contributed by atoms with Crippen LogP contribution in [-0.4, -0.2) is 23.9 Å². The van der Waals surface area contributed by atoms with Gasteiger partial charge in [0.25, 0.3) is 0 Å². The molecule has 3 heteroatoms. The Labute approximate surface area is 71.6 Å². The molecule has 1 N–H and O–H groups in total. The number of rotatable bonds is 1. The van der Waals surface area contributed by atoms with Crippen LogP contribution in [0.25, 0.3) is 0 Å². The Balaban J connectivity index is 2.41. The van der Waals surface area contributed by atoms with Gasteiger partial charge in [-0.2, -0.15) is 0 Å². The molecule has 0 radical (unpaired) electrons. The molecule has 0 amide bonds. The molecule has 0 saturated carbocycles. The van der Waals surface area contributed by atoms with Crippen LogP contribution in [0, 0.1) is 0 Å². The molecule has 1 unspecified atom stereocenters. The summed E-state index contributed by atoms with van der Waals surface area (Å²) < 4.78 is 5.85. The minimum absolute atomic E-state index is 0.140. The van der Waals surface area contributed by atoms with E-state index < -0.39 is 0 Å². The van der Waals surface area contributed by atoms with Crippen LogP contribution in [0.15, 0.2) is 0 Å². The number of aliphatic hydroxyl groups excluding tert-OH is 1. The van der Waals surface area contributed by atoms with Crippen molar-refractivity contribution in [1.29, 1.82) is 0 Å². The number of hydrogen-bond donors (Lipinski definition) is 1. The van der Waals surface area contributed by atoms with Crippen LogP contribution in [0.2, 0.25) is 3.43 Å². The second kappa shape index (κ2) is 3.31. The molecule has 49 valence electrons. The van der Waals surface area contributed by atoms with Crippen LogP contribution in [0.1, 0.15) is 13.3 Å². The summed E-state index contributed by atoms with van der Waals surface area (Å²) in [6.45, 7) is 2.86. The minimum atomic E-state index is -0.140. The molecule has 0 aliphatic carbocycles. The van der Waals surface area contributed by atoms with Gasteiger partial charge in [-0.05, 0) is 0 Å². The van der Waals surface area contributed by atoms with Crippen molar-refractivity contribution < 1.29 is 36.0 Å². The van der Waals surface area contributed by atoms with Gasteiger partial charge >= 0.3 is 71.6 Å². The molecule has 3 atom stereocenters. The Morgan fingerprint density at radius 3 is 2.67 bits per heavy atom. The van der Waals surface area contributed by atoms with E-state index in [4.69, 9.17) is 4.74 Å². The third kappa shape index (κ3) is 1.66. The molecule has 1 rings (SSSR count). The molecule has 1 aliphatic heterocycles. The van der Waals surface area contributed by atoms with Gasteiger partial charge in [-0.25, -0.2) is 0 Å². The fourth-order valence-electron chi connectivity index (χ4n) is 1.11. The number of hydrogen-bond acceptors (Lipinski definition) is 2. The quantitative estimate of drug-likeness (QED) is 0.714. The molecule has 0 bridgehead atoms. The maximum absolute atomic E-state index is 9.38. The van der Waals surface area contributed by atoms with Crippen LogP contribution >= 0.6 is 0 Å². The zero-order chi connectivity index (χ0) is 6.85. The van der Waals surface area contributed by atoms with Crippen LogP contribution in [-0.2, 0) is 30.9 Å². The summed E-state index contributed by atoms with van der Waals surface area (Å²) in [7, 11) is 0. The van der Waals surface area contributed by atoms with E-state index in [9.17, 15) is 5.11 Å². The summed E-state index contributed by atoms with van der Waals surface area (Å²) in [5, 5.41) is 9.38. The van der Waals surface area contributed by atoms with Crippen LogP contribution in [0.3, 0.4) is 0 Å². The van der Waals surface area contributed by atoms with E-state index in [1.165, 1.54) is 0 Å². The maximum atomic E-state index is 9.38. The van der Waals surface area contributed by atoms with Crippen molar-refractivity contribution in [3.8, 4) is 0 Å². The predicted molar refractivity (Wildman–Crippen MR) is 29.8 cm³/mol. The van der Waals surface area contributed by atoms with Crippen LogP contribution < -0.4 is 0 Å². The van der Waals surface area contributed by atoms with Crippen molar-refractivity contribution in [2.24, 2.45) is 0 Å². The fraction of sp³-hybridized carbons (Fsp3) is 1.00. The molecule has 1 saturated heterocycles. The molecule has 1 fully saturated rings. The Bertz CT molecular complexity index is 97.1. The Kier molecular flexibility index (Phi) is 2.92. The SMILES string of the molecule is CC[C@H]1OC[CH]([Hg])[C@@H]1O. The van der Waals surface area contributed by atoms with Gasteiger partial charge in [-0.15, -0.1) is 0 Å². The van der Waals surface area contributed by atoms with Crippen molar-refractivity contribution in [2.75, 3.05) is 6.61 Å². The van der Waals surface area contributed by atoms with Gasteiger partial charge in [0.15, 0.2) is 0 Å². The molecule has 1 aliphatic rings. The van der Waals surface area contributed by atoms with E-state index >= 15 is 0 Å². The fourth-order valence-corrected chi connectivity index (χ4v) is 2.82. The van der Waals surface area contributed by atoms with Crippen LogP contribution in [0.5, 0.6) is 0 Å². The third-order valence-corrected chi connectivity index (χ3v) is 4.58. The standard InChI is InChI=1S/C6H11O2.Hg/c1-2-6-5(7)3-4-8-6;/h3,5-7H,2,4H2,1H3;/t5-,6+;/m0./s1. The molecule has 0 aromatic heterocycles. The van der Waals surface area contributed by atoms with E-state index in [1.54, 1.807) is 0 Å². The molecular weight excluding hydrogens is 305 g/mol. The first-order valence-electron chi connectivity index (χ1n) is 3.38. The predicted octanol–water partition coefficient (Wildman–Crippen LogP) is 0.491. The van der Waals surface area contributed by atoms with Crippen molar-refractivity contribution in [3.63, 3.8) is 0 Å². The zero-order valence-electron chi connectivity index (χ0n) is 5.71. The van der Waals surface area contributed by atoms with E-state index in [0.717, 1.165) is 13.0 Å². The molecule has 2 nitrogen and oxygen atoms in total. The Morgan fingerprint density at radius 1 is 1.78 bits per heavy atom. The summed E-state index contributed by atoms with van der Waals surface area (Å²) in [5.41, 5.74) is 0. The van der Waals surface area contributed by atoms with Gasteiger partial charge in [0.05, 0.1) is 0 Å². The Hall–Kier alpha value is 0.855. The third-order valence-electron chi connectivity index (χ3n) is 1.79. The molecular formula is C6H11HgO2. The summed E-state index contributed by atoms with van der Waals surface area (Å²) in [4.78, 5) is 0. The molecule has 1 heterocycles. The van der Waals surface area contributed by atoms with E-state index in [2.05, 4.69) is 6.92 Å². The topological polar surface area (TPSA) is 29.5 Å². The normalized spacial score (nSPS) is 43.8. The number of ether oxygens (including phenoxy) is 1. The first-order valence-corrected chi connectivity index (χ1v) is 6.56. The van der Waals surface area contributed by atoms with Gasteiger partial charge in [-0.1, -0.05) is 0 Å². The Morgan fingerprint density at radius 2 is 2.44 bits per heavy atom. The second-order valence-electron chi connectivity index (χ2n) is 2.53. The van der Waals surface area contributed by atoms with E-state index in [0.29, 0.717) is 29.5 Å². The molecule has 0 aromatic rings.